The Labute approximate surface area is 138 Å². The Bertz CT molecular complexity index is 756. The number of fused-ring (bicyclic) bond motifs is 1. The van der Waals surface area contributed by atoms with Gasteiger partial charge in [0, 0.05) is 25.8 Å². The van der Waals surface area contributed by atoms with Gasteiger partial charge in [-0.15, -0.1) is 10.2 Å². The van der Waals surface area contributed by atoms with Gasteiger partial charge in [0.2, 0.25) is 0 Å². The van der Waals surface area contributed by atoms with Crippen molar-refractivity contribution in [3.05, 3.63) is 41.5 Å². The number of hydrogen-bond donors (Lipinski definition) is 0. The van der Waals surface area contributed by atoms with Crippen LogP contribution in [0.15, 0.2) is 29.2 Å². The molecule has 1 atom stereocenters. The Morgan fingerprint density at radius 1 is 1.35 bits per heavy atom. The molecule has 0 radical (unpaired) electrons. The number of aryl methyl sites for hydroxylation is 1. The largest absolute Gasteiger partial charge is 0.334 e. The molecule has 1 aliphatic heterocycles. The second kappa shape index (κ2) is 6.62. The van der Waals surface area contributed by atoms with Gasteiger partial charge in [0.25, 0.3) is 5.91 Å². The molecular formula is C16H20N4O2S. The van der Waals surface area contributed by atoms with E-state index in [1.54, 1.807) is 30.1 Å². The lowest BCUT2D eigenvalue weighted by Crippen LogP contribution is -2.28. The summed E-state index contributed by atoms with van der Waals surface area (Å²) in [5.41, 5.74) is 0.497. The van der Waals surface area contributed by atoms with Gasteiger partial charge in [-0.25, -0.2) is 0 Å². The SMILES string of the molecule is CCS(=O)c1ccccc1C(=O)N(C)Cc1nnc2n1CCC2. The van der Waals surface area contributed by atoms with E-state index in [1.165, 1.54) is 0 Å². The van der Waals surface area contributed by atoms with Gasteiger partial charge in [-0.2, -0.15) is 0 Å². The maximum Gasteiger partial charge on any atom is 0.255 e. The normalized spacial score (nSPS) is 14.5. The van der Waals surface area contributed by atoms with Crippen LogP contribution < -0.4 is 0 Å². The molecule has 0 bridgehead atoms. The summed E-state index contributed by atoms with van der Waals surface area (Å²) in [4.78, 5) is 15.0. The summed E-state index contributed by atoms with van der Waals surface area (Å²) in [6, 6.07) is 7.10. The van der Waals surface area contributed by atoms with E-state index in [0.29, 0.717) is 22.8 Å². The lowest BCUT2D eigenvalue weighted by molar-refractivity contribution is 0.0776. The van der Waals surface area contributed by atoms with Gasteiger partial charge >= 0.3 is 0 Å². The highest BCUT2D eigenvalue weighted by Gasteiger charge is 2.22. The Morgan fingerprint density at radius 3 is 2.91 bits per heavy atom. The third-order valence-corrected chi connectivity index (χ3v) is 5.41. The maximum atomic E-state index is 12.7. The van der Waals surface area contributed by atoms with Gasteiger partial charge in [-0.1, -0.05) is 19.1 Å². The summed E-state index contributed by atoms with van der Waals surface area (Å²) in [6.45, 7) is 3.16. The monoisotopic (exact) mass is 332 g/mol. The minimum Gasteiger partial charge on any atom is -0.334 e. The summed E-state index contributed by atoms with van der Waals surface area (Å²) in [7, 11) is 0.583. The lowest BCUT2D eigenvalue weighted by Gasteiger charge is -2.18. The van der Waals surface area contributed by atoms with Crippen molar-refractivity contribution in [2.45, 2.75) is 37.8 Å². The van der Waals surface area contributed by atoms with Crippen molar-refractivity contribution in [2.24, 2.45) is 0 Å². The fourth-order valence-corrected chi connectivity index (χ4v) is 3.76. The molecule has 2 aromatic rings. The van der Waals surface area contributed by atoms with Crippen molar-refractivity contribution in [3.63, 3.8) is 0 Å². The molecule has 0 spiro atoms. The van der Waals surface area contributed by atoms with Gasteiger partial charge in [0.1, 0.15) is 5.82 Å². The number of benzene rings is 1. The molecular weight excluding hydrogens is 312 g/mol. The number of aromatic nitrogens is 3. The van der Waals surface area contributed by atoms with Gasteiger partial charge in [-0.05, 0) is 18.6 Å². The average Bonchev–Trinajstić information content (AvgIpc) is 3.18. The van der Waals surface area contributed by atoms with E-state index in [2.05, 4.69) is 14.8 Å². The van der Waals surface area contributed by atoms with Crippen molar-refractivity contribution in [2.75, 3.05) is 12.8 Å². The highest BCUT2D eigenvalue weighted by Crippen LogP contribution is 2.18. The second-order valence-corrected chi connectivity index (χ2v) is 7.29. The molecule has 0 N–H and O–H groups in total. The summed E-state index contributed by atoms with van der Waals surface area (Å²) in [5.74, 6) is 2.15. The zero-order valence-electron chi connectivity index (χ0n) is 13.4. The fraction of sp³-hybridized carbons (Fsp3) is 0.438. The molecule has 122 valence electrons. The van der Waals surface area contributed by atoms with Crippen LogP contribution in [0.4, 0.5) is 0 Å². The van der Waals surface area contributed by atoms with E-state index >= 15 is 0 Å². The molecule has 0 fully saturated rings. The van der Waals surface area contributed by atoms with Crippen molar-refractivity contribution in [1.29, 1.82) is 0 Å². The molecule has 1 unspecified atom stereocenters. The minimum absolute atomic E-state index is 0.141. The summed E-state index contributed by atoms with van der Waals surface area (Å²) < 4.78 is 14.2. The molecule has 0 saturated heterocycles. The first-order valence-corrected chi connectivity index (χ1v) is 9.07. The quantitative estimate of drug-likeness (QED) is 0.834. The van der Waals surface area contributed by atoms with Crippen LogP contribution in [-0.4, -0.2) is 42.6 Å². The first kappa shape index (κ1) is 15.9. The molecule has 1 aromatic carbocycles. The Balaban J connectivity index is 1.81. The van der Waals surface area contributed by atoms with Crippen LogP contribution in [0.25, 0.3) is 0 Å². The Hall–Kier alpha value is -2.02. The molecule has 1 amide bonds. The predicted octanol–water partition coefficient (Wildman–Crippen LogP) is 1.62. The van der Waals surface area contributed by atoms with Gasteiger partial charge in [0.05, 0.1) is 27.8 Å². The van der Waals surface area contributed by atoms with E-state index in [4.69, 9.17) is 0 Å². The molecule has 0 aliphatic carbocycles. The van der Waals surface area contributed by atoms with Crippen LogP contribution in [-0.2, 0) is 30.3 Å². The number of hydrogen-bond acceptors (Lipinski definition) is 4. The highest BCUT2D eigenvalue weighted by molar-refractivity contribution is 7.85. The van der Waals surface area contributed by atoms with Crippen LogP contribution in [0.2, 0.25) is 0 Å². The number of carbonyl (C=O) groups is 1. The highest BCUT2D eigenvalue weighted by atomic mass is 32.2. The number of carbonyl (C=O) groups excluding carboxylic acids is 1. The number of rotatable bonds is 5. The van der Waals surface area contributed by atoms with Gasteiger partial charge in [0.15, 0.2) is 5.82 Å². The van der Waals surface area contributed by atoms with E-state index in [1.807, 2.05) is 13.0 Å². The van der Waals surface area contributed by atoms with Crippen molar-refractivity contribution in [3.8, 4) is 0 Å². The van der Waals surface area contributed by atoms with Gasteiger partial charge < -0.3 is 9.47 Å². The zero-order chi connectivity index (χ0) is 16.4. The third-order valence-electron chi connectivity index (χ3n) is 4.04. The van der Waals surface area contributed by atoms with E-state index < -0.39 is 10.8 Å². The molecule has 6 nitrogen and oxygen atoms in total. The van der Waals surface area contributed by atoms with E-state index in [9.17, 15) is 9.00 Å². The van der Waals surface area contributed by atoms with Crippen molar-refractivity contribution < 1.29 is 9.00 Å². The lowest BCUT2D eigenvalue weighted by atomic mass is 10.2. The van der Waals surface area contributed by atoms with Crippen LogP contribution in [0.3, 0.4) is 0 Å². The number of amides is 1. The molecule has 1 aliphatic rings. The molecule has 3 rings (SSSR count). The summed E-state index contributed by atoms with van der Waals surface area (Å²) in [6.07, 6.45) is 2.02. The van der Waals surface area contributed by atoms with Crippen LogP contribution in [0.5, 0.6) is 0 Å². The average molecular weight is 332 g/mol. The van der Waals surface area contributed by atoms with Crippen LogP contribution in [0.1, 0.15) is 35.4 Å². The molecule has 2 heterocycles. The maximum absolute atomic E-state index is 12.7. The minimum atomic E-state index is -1.16. The smallest absolute Gasteiger partial charge is 0.255 e. The van der Waals surface area contributed by atoms with Crippen LogP contribution >= 0.6 is 0 Å². The standard InChI is InChI=1S/C16H20N4O2S/c1-3-23(22)13-8-5-4-7-12(13)16(21)19(2)11-15-18-17-14-9-6-10-20(14)15/h4-5,7-8H,3,6,9-11H2,1-2H3. The first-order valence-electron chi connectivity index (χ1n) is 7.75. The van der Waals surface area contributed by atoms with Crippen LogP contribution in [0, 0.1) is 0 Å². The first-order chi connectivity index (χ1) is 11.1. The molecule has 0 saturated carbocycles. The summed E-state index contributed by atoms with van der Waals surface area (Å²) in [5, 5.41) is 8.35. The van der Waals surface area contributed by atoms with Gasteiger partial charge in [-0.3, -0.25) is 9.00 Å². The van der Waals surface area contributed by atoms with E-state index in [0.717, 1.165) is 31.0 Å². The van der Waals surface area contributed by atoms with E-state index in [-0.39, 0.29) is 5.91 Å². The Kier molecular flexibility index (Phi) is 4.56. The number of nitrogens with zero attached hydrogens (tertiary/aromatic N) is 4. The fourth-order valence-electron chi connectivity index (χ4n) is 2.81. The molecule has 1 aromatic heterocycles. The predicted molar refractivity (Wildman–Crippen MR) is 87.5 cm³/mol. The zero-order valence-corrected chi connectivity index (χ0v) is 14.2. The molecule has 7 heteroatoms. The second-order valence-electron chi connectivity index (χ2n) is 5.58. The Morgan fingerprint density at radius 2 is 2.13 bits per heavy atom. The topological polar surface area (TPSA) is 68.1 Å². The third kappa shape index (κ3) is 3.06. The van der Waals surface area contributed by atoms with Crippen molar-refractivity contribution >= 4 is 16.7 Å². The van der Waals surface area contributed by atoms with Crippen molar-refractivity contribution in [1.82, 2.24) is 19.7 Å². The molecule has 23 heavy (non-hydrogen) atoms. The summed E-state index contributed by atoms with van der Waals surface area (Å²) >= 11 is 0.